The number of benzene rings is 1. The molecule has 0 radical (unpaired) electrons. The summed E-state index contributed by atoms with van der Waals surface area (Å²) in [6.07, 6.45) is 3.77. The molecular formula is C14H14FNO3. The Kier molecular flexibility index (Phi) is 2.77. The lowest BCUT2D eigenvalue weighted by Gasteiger charge is -2.31. The molecule has 0 atom stereocenters. The fourth-order valence-electron chi connectivity index (χ4n) is 2.96. The summed E-state index contributed by atoms with van der Waals surface area (Å²) in [4.78, 5) is 11.7. The average molecular weight is 263 g/mol. The lowest BCUT2D eigenvalue weighted by Crippen LogP contribution is -2.38. The summed E-state index contributed by atoms with van der Waals surface area (Å²) in [5, 5.41) is 14.0. The molecule has 2 aromatic rings. The standard InChI is InChI=1S/C14H14FNO3/c15-9-4-5-11-10(8-9)12(16-19-11)14(13(17)18)6-2-1-3-7-14/h4-5,8H,1-3,6-7H2,(H,17,18). The molecule has 1 heterocycles. The molecule has 100 valence electrons. The molecule has 5 heteroatoms. The number of aromatic nitrogens is 1. The van der Waals surface area contributed by atoms with Crippen molar-refractivity contribution in [2.45, 2.75) is 37.5 Å². The third-order valence-electron chi connectivity index (χ3n) is 4.00. The first-order chi connectivity index (χ1) is 9.13. The highest BCUT2D eigenvalue weighted by atomic mass is 19.1. The number of hydrogen-bond acceptors (Lipinski definition) is 3. The summed E-state index contributed by atoms with van der Waals surface area (Å²) in [6, 6.07) is 4.08. The van der Waals surface area contributed by atoms with Crippen molar-refractivity contribution < 1.29 is 18.8 Å². The number of halogens is 1. The Balaban J connectivity index is 2.20. The molecule has 1 aromatic heterocycles. The van der Waals surface area contributed by atoms with Gasteiger partial charge in [0.05, 0.1) is 0 Å². The number of aliphatic carboxylic acids is 1. The van der Waals surface area contributed by atoms with E-state index >= 15 is 0 Å². The highest BCUT2D eigenvalue weighted by Gasteiger charge is 2.45. The van der Waals surface area contributed by atoms with Crippen LogP contribution in [0.1, 0.15) is 37.8 Å². The SMILES string of the molecule is O=C(O)C1(c2noc3ccc(F)cc23)CCCCC1. The molecule has 1 N–H and O–H groups in total. The second-order valence-electron chi connectivity index (χ2n) is 5.12. The van der Waals surface area contributed by atoms with Crippen LogP contribution in [-0.4, -0.2) is 16.2 Å². The molecule has 1 fully saturated rings. The molecule has 1 aliphatic rings. The second-order valence-corrected chi connectivity index (χ2v) is 5.12. The Hall–Kier alpha value is -1.91. The molecule has 4 nitrogen and oxygen atoms in total. The van der Waals surface area contributed by atoms with Crippen molar-refractivity contribution in [1.29, 1.82) is 0 Å². The van der Waals surface area contributed by atoms with Crippen molar-refractivity contribution in [2.75, 3.05) is 0 Å². The van der Waals surface area contributed by atoms with Gasteiger partial charge in [-0.25, -0.2) is 4.39 Å². The van der Waals surface area contributed by atoms with E-state index in [0.29, 0.717) is 29.5 Å². The maximum absolute atomic E-state index is 13.4. The van der Waals surface area contributed by atoms with Crippen LogP contribution in [0.2, 0.25) is 0 Å². The summed E-state index contributed by atoms with van der Waals surface area (Å²) in [5.41, 5.74) is -0.228. The van der Waals surface area contributed by atoms with Crippen LogP contribution in [0.15, 0.2) is 22.7 Å². The van der Waals surface area contributed by atoms with Crippen molar-refractivity contribution in [1.82, 2.24) is 5.16 Å². The highest BCUT2D eigenvalue weighted by molar-refractivity contribution is 5.89. The minimum Gasteiger partial charge on any atom is -0.481 e. The fraction of sp³-hybridized carbons (Fsp3) is 0.429. The first kappa shape index (κ1) is 12.1. The highest BCUT2D eigenvalue weighted by Crippen LogP contribution is 2.42. The largest absolute Gasteiger partial charge is 0.481 e. The van der Waals surface area contributed by atoms with Gasteiger partial charge >= 0.3 is 5.97 Å². The van der Waals surface area contributed by atoms with Crippen LogP contribution in [0, 0.1) is 5.82 Å². The summed E-state index contributed by atoms with van der Waals surface area (Å²) in [6.45, 7) is 0. The van der Waals surface area contributed by atoms with Gasteiger partial charge in [0.2, 0.25) is 0 Å². The summed E-state index contributed by atoms with van der Waals surface area (Å²) in [5.74, 6) is -1.31. The van der Waals surface area contributed by atoms with Gasteiger partial charge in [-0.2, -0.15) is 0 Å². The van der Waals surface area contributed by atoms with Crippen molar-refractivity contribution in [3.8, 4) is 0 Å². The van der Waals surface area contributed by atoms with Crippen LogP contribution in [-0.2, 0) is 10.2 Å². The minimum atomic E-state index is -1.03. The predicted molar refractivity (Wildman–Crippen MR) is 66.4 cm³/mol. The van der Waals surface area contributed by atoms with Crippen LogP contribution in [0.25, 0.3) is 11.0 Å². The minimum absolute atomic E-state index is 0.370. The molecule has 1 saturated carbocycles. The maximum Gasteiger partial charge on any atom is 0.315 e. The number of fused-ring (bicyclic) bond motifs is 1. The van der Waals surface area contributed by atoms with Crippen LogP contribution >= 0.6 is 0 Å². The first-order valence-corrected chi connectivity index (χ1v) is 6.42. The summed E-state index contributed by atoms with van der Waals surface area (Å²) >= 11 is 0. The summed E-state index contributed by atoms with van der Waals surface area (Å²) < 4.78 is 18.5. The quantitative estimate of drug-likeness (QED) is 0.903. The molecule has 0 spiro atoms. The molecule has 1 aliphatic carbocycles. The van der Waals surface area contributed by atoms with E-state index in [-0.39, 0.29) is 0 Å². The average Bonchev–Trinajstić information content (AvgIpc) is 2.82. The lowest BCUT2D eigenvalue weighted by molar-refractivity contribution is -0.145. The molecule has 0 unspecified atom stereocenters. The van der Waals surface area contributed by atoms with Gasteiger partial charge in [0.25, 0.3) is 0 Å². The molecular weight excluding hydrogens is 249 g/mol. The van der Waals surface area contributed by atoms with E-state index in [1.807, 2.05) is 0 Å². The van der Waals surface area contributed by atoms with E-state index in [4.69, 9.17) is 4.52 Å². The molecule has 0 aliphatic heterocycles. The number of carboxylic acid groups (broad SMARTS) is 1. The second kappa shape index (κ2) is 4.33. The fourth-order valence-corrected chi connectivity index (χ4v) is 2.96. The molecule has 3 rings (SSSR count). The third kappa shape index (κ3) is 1.80. The van der Waals surface area contributed by atoms with Crippen LogP contribution in [0.4, 0.5) is 4.39 Å². The van der Waals surface area contributed by atoms with E-state index in [2.05, 4.69) is 5.16 Å². The third-order valence-corrected chi connectivity index (χ3v) is 4.00. The summed E-state index contributed by atoms with van der Waals surface area (Å²) in [7, 11) is 0. The van der Waals surface area contributed by atoms with Gasteiger partial charge in [-0.15, -0.1) is 0 Å². The Bertz CT molecular complexity index is 629. The normalized spacial score (nSPS) is 18.6. The van der Waals surface area contributed by atoms with E-state index in [0.717, 1.165) is 19.3 Å². The van der Waals surface area contributed by atoms with Gasteiger partial charge in [-0.1, -0.05) is 24.4 Å². The molecule has 0 amide bonds. The van der Waals surface area contributed by atoms with Gasteiger partial charge in [-0.05, 0) is 31.0 Å². The van der Waals surface area contributed by atoms with Crippen molar-refractivity contribution >= 4 is 16.9 Å². The Morgan fingerprint density at radius 3 is 2.74 bits per heavy atom. The molecule has 19 heavy (non-hydrogen) atoms. The predicted octanol–water partition coefficient (Wildman–Crippen LogP) is 3.25. The topological polar surface area (TPSA) is 63.3 Å². The van der Waals surface area contributed by atoms with Gasteiger partial charge in [0.1, 0.15) is 16.9 Å². The van der Waals surface area contributed by atoms with E-state index in [1.165, 1.54) is 18.2 Å². The number of carbonyl (C=O) groups is 1. The Morgan fingerprint density at radius 1 is 1.32 bits per heavy atom. The first-order valence-electron chi connectivity index (χ1n) is 6.42. The number of nitrogens with zero attached hydrogens (tertiary/aromatic N) is 1. The zero-order valence-electron chi connectivity index (χ0n) is 10.4. The van der Waals surface area contributed by atoms with Gasteiger partial charge in [0, 0.05) is 5.39 Å². The molecule has 0 saturated heterocycles. The van der Waals surface area contributed by atoms with Gasteiger partial charge in [-0.3, -0.25) is 4.79 Å². The lowest BCUT2D eigenvalue weighted by atomic mass is 9.71. The number of hydrogen-bond donors (Lipinski definition) is 1. The van der Waals surface area contributed by atoms with E-state index < -0.39 is 17.2 Å². The zero-order chi connectivity index (χ0) is 13.5. The maximum atomic E-state index is 13.4. The van der Waals surface area contributed by atoms with Crippen LogP contribution in [0.5, 0.6) is 0 Å². The van der Waals surface area contributed by atoms with Crippen LogP contribution < -0.4 is 0 Å². The van der Waals surface area contributed by atoms with Crippen molar-refractivity contribution in [2.24, 2.45) is 0 Å². The zero-order valence-corrected chi connectivity index (χ0v) is 10.4. The van der Waals surface area contributed by atoms with Crippen LogP contribution in [0.3, 0.4) is 0 Å². The number of rotatable bonds is 2. The Labute approximate surface area is 109 Å². The molecule has 0 bridgehead atoms. The monoisotopic (exact) mass is 263 g/mol. The molecule has 1 aromatic carbocycles. The smallest absolute Gasteiger partial charge is 0.315 e. The van der Waals surface area contributed by atoms with Gasteiger partial charge in [0.15, 0.2) is 5.58 Å². The van der Waals surface area contributed by atoms with E-state index in [1.54, 1.807) is 0 Å². The van der Waals surface area contributed by atoms with Gasteiger partial charge < -0.3 is 9.63 Å². The van der Waals surface area contributed by atoms with Crippen molar-refractivity contribution in [3.05, 3.63) is 29.7 Å². The van der Waals surface area contributed by atoms with E-state index in [9.17, 15) is 14.3 Å². The van der Waals surface area contributed by atoms with Crippen molar-refractivity contribution in [3.63, 3.8) is 0 Å². The number of carboxylic acids is 1. The Morgan fingerprint density at radius 2 is 2.05 bits per heavy atom.